The fourth-order valence-electron chi connectivity index (χ4n) is 3.39. The molecule has 1 heterocycles. The van der Waals surface area contributed by atoms with E-state index in [9.17, 15) is 18.3 Å². The van der Waals surface area contributed by atoms with Crippen LogP contribution >= 0.6 is 0 Å². The fourth-order valence-corrected chi connectivity index (χ4v) is 5.24. The number of carboxylic acids is 1. The largest absolute Gasteiger partial charge is 0.481 e. The van der Waals surface area contributed by atoms with Gasteiger partial charge < -0.3 is 5.11 Å². The second kappa shape index (κ2) is 4.96. The van der Waals surface area contributed by atoms with Crippen LogP contribution in [0.2, 0.25) is 0 Å². The van der Waals surface area contributed by atoms with E-state index in [0.717, 1.165) is 25.7 Å². The van der Waals surface area contributed by atoms with Crippen LogP contribution in [0.5, 0.6) is 0 Å². The Hall–Kier alpha value is -0.580. The summed E-state index contributed by atoms with van der Waals surface area (Å²) in [6.45, 7) is 0. The van der Waals surface area contributed by atoms with Crippen LogP contribution in [-0.4, -0.2) is 31.0 Å². The Morgan fingerprint density at radius 3 is 2.18 bits per heavy atom. The predicted molar refractivity (Wildman–Crippen MR) is 64.5 cm³/mol. The first-order chi connectivity index (χ1) is 7.99. The summed E-state index contributed by atoms with van der Waals surface area (Å²) in [5.74, 6) is -0.930. The van der Waals surface area contributed by atoms with E-state index < -0.39 is 21.7 Å². The Kier molecular flexibility index (Phi) is 3.76. The number of sulfone groups is 1. The van der Waals surface area contributed by atoms with E-state index in [4.69, 9.17) is 0 Å². The lowest BCUT2D eigenvalue weighted by atomic mass is 9.74. The minimum atomic E-state index is -2.98. The van der Waals surface area contributed by atoms with E-state index in [-0.39, 0.29) is 23.3 Å². The highest BCUT2D eigenvalue weighted by Gasteiger charge is 2.41. The quantitative estimate of drug-likeness (QED) is 0.838. The molecule has 0 bridgehead atoms. The van der Waals surface area contributed by atoms with Gasteiger partial charge in [-0.2, -0.15) is 0 Å². The van der Waals surface area contributed by atoms with Crippen molar-refractivity contribution in [2.24, 2.45) is 17.8 Å². The van der Waals surface area contributed by atoms with Crippen LogP contribution < -0.4 is 0 Å². The molecule has 0 spiro atoms. The molecule has 1 saturated heterocycles. The normalized spacial score (nSPS) is 31.2. The van der Waals surface area contributed by atoms with Gasteiger partial charge in [-0.1, -0.05) is 19.3 Å². The van der Waals surface area contributed by atoms with Crippen LogP contribution in [0.3, 0.4) is 0 Å². The van der Waals surface area contributed by atoms with Crippen molar-refractivity contribution in [3.05, 3.63) is 0 Å². The molecule has 17 heavy (non-hydrogen) atoms. The molecule has 1 saturated carbocycles. The molecule has 1 N–H and O–H groups in total. The molecule has 4 nitrogen and oxygen atoms in total. The first-order valence-corrected chi connectivity index (χ1v) is 8.25. The number of carbonyl (C=O) groups is 1. The third-order valence-electron chi connectivity index (χ3n) is 4.22. The maximum atomic E-state index is 11.5. The van der Waals surface area contributed by atoms with E-state index in [2.05, 4.69) is 0 Å². The molecule has 2 atom stereocenters. The lowest BCUT2D eigenvalue weighted by Crippen LogP contribution is -2.33. The van der Waals surface area contributed by atoms with Crippen molar-refractivity contribution in [3.63, 3.8) is 0 Å². The Balaban J connectivity index is 2.09. The van der Waals surface area contributed by atoms with Crippen molar-refractivity contribution < 1.29 is 18.3 Å². The highest BCUT2D eigenvalue weighted by molar-refractivity contribution is 7.91. The summed E-state index contributed by atoms with van der Waals surface area (Å²) >= 11 is 0. The summed E-state index contributed by atoms with van der Waals surface area (Å²) in [6, 6.07) is 0. The zero-order valence-electron chi connectivity index (χ0n) is 9.97. The van der Waals surface area contributed by atoms with Crippen molar-refractivity contribution >= 4 is 15.8 Å². The van der Waals surface area contributed by atoms with Gasteiger partial charge in [0, 0.05) is 0 Å². The average Bonchev–Trinajstić information content (AvgIpc) is 2.60. The summed E-state index contributed by atoms with van der Waals surface area (Å²) in [5.41, 5.74) is 0. The summed E-state index contributed by atoms with van der Waals surface area (Å²) in [4.78, 5) is 11.4. The second-order valence-corrected chi connectivity index (χ2v) is 7.65. The molecule has 2 fully saturated rings. The standard InChI is InChI=1S/C12H20O4S/c13-12(14)11(9-4-2-1-3-5-9)10-6-7-17(15,16)8-10/h9-11H,1-8H2,(H,13,14). The van der Waals surface area contributed by atoms with E-state index in [0.29, 0.717) is 6.42 Å². The highest BCUT2D eigenvalue weighted by atomic mass is 32.2. The molecule has 98 valence electrons. The second-order valence-electron chi connectivity index (χ2n) is 5.43. The zero-order chi connectivity index (χ0) is 12.5. The maximum Gasteiger partial charge on any atom is 0.307 e. The Labute approximate surface area is 102 Å². The molecule has 2 unspecified atom stereocenters. The molecule has 5 heteroatoms. The van der Waals surface area contributed by atoms with Crippen molar-refractivity contribution in [1.29, 1.82) is 0 Å². The molecular weight excluding hydrogens is 240 g/mol. The number of rotatable bonds is 3. The van der Waals surface area contributed by atoms with Crippen molar-refractivity contribution in [2.45, 2.75) is 38.5 Å². The van der Waals surface area contributed by atoms with Crippen LogP contribution in [0.1, 0.15) is 38.5 Å². The third kappa shape index (κ3) is 3.00. The molecule has 0 aromatic rings. The van der Waals surface area contributed by atoms with Gasteiger partial charge in [0.05, 0.1) is 17.4 Å². The Morgan fingerprint density at radius 2 is 1.71 bits per heavy atom. The number of hydrogen-bond donors (Lipinski definition) is 1. The van der Waals surface area contributed by atoms with Gasteiger partial charge in [-0.15, -0.1) is 0 Å². The van der Waals surface area contributed by atoms with Crippen molar-refractivity contribution in [1.82, 2.24) is 0 Å². The predicted octanol–water partition coefficient (Wildman–Crippen LogP) is 1.70. The summed E-state index contributed by atoms with van der Waals surface area (Å²) < 4.78 is 22.9. The van der Waals surface area contributed by atoms with Crippen molar-refractivity contribution in [3.8, 4) is 0 Å². The molecule has 2 aliphatic rings. The van der Waals surface area contributed by atoms with Crippen LogP contribution in [0.25, 0.3) is 0 Å². The van der Waals surface area contributed by atoms with Crippen molar-refractivity contribution in [2.75, 3.05) is 11.5 Å². The maximum absolute atomic E-state index is 11.5. The highest BCUT2D eigenvalue weighted by Crippen LogP contribution is 2.38. The van der Waals surface area contributed by atoms with E-state index in [1.54, 1.807) is 0 Å². The minimum absolute atomic E-state index is 0.0838. The molecule has 1 aliphatic carbocycles. The van der Waals surface area contributed by atoms with Gasteiger partial charge in [0.1, 0.15) is 0 Å². The lowest BCUT2D eigenvalue weighted by molar-refractivity contribution is -0.146. The first-order valence-electron chi connectivity index (χ1n) is 6.43. The SMILES string of the molecule is O=C(O)C(C1CCCCC1)C1CCS(=O)(=O)C1. The smallest absolute Gasteiger partial charge is 0.307 e. The summed E-state index contributed by atoms with van der Waals surface area (Å²) in [7, 11) is -2.98. The van der Waals surface area contributed by atoms with Gasteiger partial charge in [0.15, 0.2) is 9.84 Å². The molecule has 0 aromatic carbocycles. The van der Waals surface area contributed by atoms with Crippen LogP contribution in [0.15, 0.2) is 0 Å². The van der Waals surface area contributed by atoms with E-state index >= 15 is 0 Å². The molecule has 1 aliphatic heterocycles. The fraction of sp³-hybridized carbons (Fsp3) is 0.917. The monoisotopic (exact) mass is 260 g/mol. The third-order valence-corrected chi connectivity index (χ3v) is 6.01. The minimum Gasteiger partial charge on any atom is -0.481 e. The molecule has 0 amide bonds. The van der Waals surface area contributed by atoms with Gasteiger partial charge in [-0.05, 0) is 31.1 Å². The summed E-state index contributed by atoms with van der Waals surface area (Å²) in [6.07, 6.45) is 5.81. The average molecular weight is 260 g/mol. The van der Waals surface area contributed by atoms with Gasteiger partial charge >= 0.3 is 5.97 Å². The van der Waals surface area contributed by atoms with Gasteiger partial charge in [-0.3, -0.25) is 4.79 Å². The number of carboxylic acid groups (broad SMARTS) is 1. The lowest BCUT2D eigenvalue weighted by Gasteiger charge is -2.30. The van der Waals surface area contributed by atoms with Gasteiger partial charge in [-0.25, -0.2) is 8.42 Å². The topological polar surface area (TPSA) is 71.4 Å². The number of hydrogen-bond acceptors (Lipinski definition) is 3. The van der Waals surface area contributed by atoms with Crippen LogP contribution in [0.4, 0.5) is 0 Å². The van der Waals surface area contributed by atoms with Gasteiger partial charge in [0.2, 0.25) is 0 Å². The van der Waals surface area contributed by atoms with Crippen LogP contribution in [-0.2, 0) is 14.6 Å². The molecule has 2 rings (SSSR count). The first kappa shape index (κ1) is 12.9. The van der Waals surface area contributed by atoms with E-state index in [1.165, 1.54) is 6.42 Å². The van der Waals surface area contributed by atoms with E-state index in [1.807, 2.05) is 0 Å². The number of aliphatic carboxylic acids is 1. The van der Waals surface area contributed by atoms with Crippen LogP contribution in [0, 0.1) is 17.8 Å². The zero-order valence-corrected chi connectivity index (χ0v) is 10.8. The Bertz CT molecular complexity index is 381. The van der Waals surface area contributed by atoms with Gasteiger partial charge in [0.25, 0.3) is 0 Å². The Morgan fingerprint density at radius 1 is 1.06 bits per heavy atom. The molecular formula is C12H20O4S. The molecule has 0 aromatic heterocycles. The molecule has 0 radical (unpaired) electrons. The summed E-state index contributed by atoms with van der Waals surface area (Å²) in [5, 5.41) is 9.36.